The predicted octanol–water partition coefficient (Wildman–Crippen LogP) is 1.58. The normalized spacial score (nSPS) is 17.8. The zero-order valence-corrected chi connectivity index (χ0v) is 13.2. The van der Waals surface area contributed by atoms with Gasteiger partial charge in [0.1, 0.15) is 0 Å². The van der Waals surface area contributed by atoms with Gasteiger partial charge in [-0.3, -0.25) is 9.59 Å². The Bertz CT molecular complexity index is 510. The average Bonchev–Trinajstić information content (AvgIpc) is 2.58. The number of piperidine rings is 1. The molecule has 1 atom stereocenters. The number of carbonyl (C=O) groups excluding carboxylic acids is 2. The highest BCUT2D eigenvalue weighted by Crippen LogP contribution is 2.08. The van der Waals surface area contributed by atoms with Crippen molar-refractivity contribution in [3.8, 4) is 0 Å². The van der Waals surface area contributed by atoms with E-state index in [1.807, 2.05) is 25.1 Å². The van der Waals surface area contributed by atoms with Crippen LogP contribution in [0.1, 0.15) is 48.5 Å². The van der Waals surface area contributed by atoms with Gasteiger partial charge in [-0.1, -0.05) is 25.5 Å². The van der Waals surface area contributed by atoms with Crippen molar-refractivity contribution in [3.05, 3.63) is 35.4 Å². The second-order valence-corrected chi connectivity index (χ2v) is 5.68. The SMILES string of the molecule is CCCNC(=O)c1cccc(CNC(=O)C2CCCCN2)c1. The summed E-state index contributed by atoms with van der Waals surface area (Å²) in [6.07, 6.45) is 4.04. The summed E-state index contributed by atoms with van der Waals surface area (Å²) in [6.45, 7) is 4.05. The Balaban J connectivity index is 1.87. The van der Waals surface area contributed by atoms with Crippen molar-refractivity contribution >= 4 is 11.8 Å². The number of hydrogen-bond donors (Lipinski definition) is 3. The second kappa shape index (κ2) is 8.54. The Morgan fingerprint density at radius 2 is 2.14 bits per heavy atom. The lowest BCUT2D eigenvalue weighted by Gasteiger charge is -2.22. The van der Waals surface area contributed by atoms with Gasteiger partial charge >= 0.3 is 0 Å². The molecule has 3 N–H and O–H groups in total. The summed E-state index contributed by atoms with van der Waals surface area (Å²) in [6, 6.07) is 7.31. The molecule has 1 aromatic rings. The predicted molar refractivity (Wildman–Crippen MR) is 86.6 cm³/mol. The lowest BCUT2D eigenvalue weighted by atomic mass is 10.0. The molecule has 22 heavy (non-hydrogen) atoms. The highest BCUT2D eigenvalue weighted by Gasteiger charge is 2.19. The molecule has 1 saturated heterocycles. The molecule has 1 aromatic carbocycles. The molecule has 1 aliphatic heterocycles. The minimum absolute atomic E-state index is 0.0422. The van der Waals surface area contributed by atoms with Gasteiger partial charge in [0.15, 0.2) is 0 Å². The van der Waals surface area contributed by atoms with Crippen molar-refractivity contribution in [2.24, 2.45) is 0 Å². The van der Waals surface area contributed by atoms with Crippen molar-refractivity contribution in [1.82, 2.24) is 16.0 Å². The second-order valence-electron chi connectivity index (χ2n) is 5.68. The topological polar surface area (TPSA) is 70.2 Å². The van der Waals surface area contributed by atoms with Crippen LogP contribution in [0.5, 0.6) is 0 Å². The van der Waals surface area contributed by atoms with Crippen LogP contribution in [0.2, 0.25) is 0 Å². The molecule has 0 aromatic heterocycles. The van der Waals surface area contributed by atoms with Gasteiger partial charge in [-0.15, -0.1) is 0 Å². The number of benzene rings is 1. The maximum atomic E-state index is 12.1. The van der Waals surface area contributed by atoms with Gasteiger partial charge in [0, 0.05) is 18.7 Å². The van der Waals surface area contributed by atoms with Crippen molar-refractivity contribution < 1.29 is 9.59 Å². The average molecular weight is 303 g/mol. The summed E-state index contributed by atoms with van der Waals surface area (Å²) in [5, 5.41) is 9.03. The minimum atomic E-state index is -0.0789. The van der Waals surface area contributed by atoms with Gasteiger partial charge in [0.2, 0.25) is 5.91 Å². The van der Waals surface area contributed by atoms with E-state index in [4.69, 9.17) is 0 Å². The summed E-state index contributed by atoms with van der Waals surface area (Å²) in [5.41, 5.74) is 1.57. The molecular formula is C17H25N3O2. The Labute approximate surface area is 131 Å². The summed E-state index contributed by atoms with van der Waals surface area (Å²) in [7, 11) is 0. The fourth-order valence-corrected chi connectivity index (χ4v) is 2.55. The zero-order chi connectivity index (χ0) is 15.8. The first-order valence-corrected chi connectivity index (χ1v) is 8.09. The van der Waals surface area contributed by atoms with E-state index in [1.165, 1.54) is 0 Å². The van der Waals surface area contributed by atoms with Crippen molar-refractivity contribution in [2.45, 2.75) is 45.2 Å². The fraction of sp³-hybridized carbons (Fsp3) is 0.529. The van der Waals surface area contributed by atoms with Crippen LogP contribution in [-0.4, -0.2) is 30.9 Å². The van der Waals surface area contributed by atoms with Crippen molar-refractivity contribution in [2.75, 3.05) is 13.1 Å². The van der Waals surface area contributed by atoms with Crippen molar-refractivity contribution in [3.63, 3.8) is 0 Å². The summed E-state index contributed by atoms with van der Waals surface area (Å²) in [4.78, 5) is 24.0. The van der Waals surface area contributed by atoms with Crippen LogP contribution < -0.4 is 16.0 Å². The number of amides is 2. The molecule has 2 rings (SSSR count). The smallest absolute Gasteiger partial charge is 0.251 e. The van der Waals surface area contributed by atoms with Crippen LogP contribution in [0.15, 0.2) is 24.3 Å². The third kappa shape index (κ3) is 4.84. The van der Waals surface area contributed by atoms with Crippen LogP contribution in [0, 0.1) is 0 Å². The standard InChI is InChI=1S/C17H25N3O2/c1-2-9-19-16(21)14-7-5-6-13(11-14)12-20-17(22)15-8-3-4-10-18-15/h5-7,11,15,18H,2-4,8-10,12H2,1H3,(H,19,21)(H,20,22). The molecule has 1 heterocycles. The highest BCUT2D eigenvalue weighted by atomic mass is 16.2. The molecule has 1 aliphatic rings. The first-order chi connectivity index (χ1) is 10.7. The maximum Gasteiger partial charge on any atom is 0.251 e. The molecule has 2 amide bonds. The molecule has 0 spiro atoms. The van der Waals surface area contributed by atoms with Gasteiger partial charge in [0.25, 0.3) is 5.91 Å². The summed E-state index contributed by atoms with van der Waals surface area (Å²) >= 11 is 0. The summed E-state index contributed by atoms with van der Waals surface area (Å²) < 4.78 is 0. The van der Waals surface area contributed by atoms with Crippen LogP contribution in [-0.2, 0) is 11.3 Å². The maximum absolute atomic E-state index is 12.1. The molecule has 0 aliphatic carbocycles. The van der Waals surface area contributed by atoms with E-state index < -0.39 is 0 Å². The van der Waals surface area contributed by atoms with E-state index in [-0.39, 0.29) is 17.9 Å². The van der Waals surface area contributed by atoms with Crippen LogP contribution in [0.25, 0.3) is 0 Å². The van der Waals surface area contributed by atoms with E-state index in [0.717, 1.165) is 37.8 Å². The molecule has 0 saturated carbocycles. The quantitative estimate of drug-likeness (QED) is 0.747. The molecule has 5 nitrogen and oxygen atoms in total. The van der Waals surface area contributed by atoms with Gasteiger partial charge in [-0.2, -0.15) is 0 Å². The van der Waals surface area contributed by atoms with E-state index in [1.54, 1.807) is 6.07 Å². The number of nitrogens with one attached hydrogen (secondary N) is 3. The first-order valence-electron chi connectivity index (χ1n) is 8.09. The summed E-state index contributed by atoms with van der Waals surface area (Å²) in [5.74, 6) is -0.0236. The number of hydrogen-bond acceptors (Lipinski definition) is 3. The van der Waals surface area contributed by atoms with Gasteiger partial charge in [-0.05, 0) is 43.5 Å². The molecule has 120 valence electrons. The monoisotopic (exact) mass is 303 g/mol. The lowest BCUT2D eigenvalue weighted by molar-refractivity contribution is -0.123. The Morgan fingerprint density at radius 1 is 1.27 bits per heavy atom. The number of rotatable bonds is 6. The molecule has 1 fully saturated rings. The Morgan fingerprint density at radius 3 is 2.86 bits per heavy atom. The Hall–Kier alpha value is -1.88. The molecule has 0 bridgehead atoms. The largest absolute Gasteiger partial charge is 0.352 e. The van der Waals surface area contributed by atoms with Gasteiger partial charge in [-0.25, -0.2) is 0 Å². The molecule has 5 heteroatoms. The highest BCUT2D eigenvalue weighted by molar-refractivity contribution is 5.94. The zero-order valence-electron chi connectivity index (χ0n) is 13.2. The third-order valence-electron chi connectivity index (χ3n) is 3.82. The van der Waals surface area contributed by atoms with Gasteiger partial charge in [0.05, 0.1) is 6.04 Å². The molecule has 1 unspecified atom stereocenters. The molecule has 0 radical (unpaired) electrons. The lowest BCUT2D eigenvalue weighted by Crippen LogP contribution is -2.46. The van der Waals surface area contributed by atoms with Crippen LogP contribution in [0.3, 0.4) is 0 Å². The van der Waals surface area contributed by atoms with E-state index in [2.05, 4.69) is 16.0 Å². The third-order valence-corrected chi connectivity index (χ3v) is 3.82. The van der Waals surface area contributed by atoms with E-state index in [9.17, 15) is 9.59 Å². The van der Waals surface area contributed by atoms with E-state index >= 15 is 0 Å². The number of carbonyl (C=O) groups is 2. The minimum Gasteiger partial charge on any atom is -0.352 e. The molecular weight excluding hydrogens is 278 g/mol. The van der Waals surface area contributed by atoms with Crippen LogP contribution >= 0.6 is 0 Å². The fourth-order valence-electron chi connectivity index (χ4n) is 2.55. The first kappa shape index (κ1) is 16.5. The van der Waals surface area contributed by atoms with Crippen molar-refractivity contribution in [1.29, 1.82) is 0 Å². The van der Waals surface area contributed by atoms with E-state index in [0.29, 0.717) is 18.7 Å². The Kier molecular flexibility index (Phi) is 6.40. The van der Waals surface area contributed by atoms with Crippen LogP contribution in [0.4, 0.5) is 0 Å². The van der Waals surface area contributed by atoms with Gasteiger partial charge < -0.3 is 16.0 Å².